The first-order valence-corrected chi connectivity index (χ1v) is 10.2. The quantitative estimate of drug-likeness (QED) is 0.464. The summed E-state index contributed by atoms with van der Waals surface area (Å²) in [7, 11) is -3.21. The van der Waals surface area contributed by atoms with E-state index in [0.717, 1.165) is 19.3 Å². The minimum absolute atomic E-state index is 0.213. The number of nitrogen functional groups attached to an aromatic ring is 1. The molecule has 0 amide bonds. The second kappa shape index (κ2) is 9.46. The molecule has 21 heavy (non-hydrogen) atoms. The SMILES string of the molecule is CCCCCCCCCCS(=O)(=O)c1ccc(N)cc1Br. The third-order valence-corrected chi connectivity index (χ3v) is 6.33. The van der Waals surface area contributed by atoms with Crippen molar-refractivity contribution >= 4 is 31.5 Å². The highest BCUT2D eigenvalue weighted by Gasteiger charge is 2.17. The number of hydrogen-bond acceptors (Lipinski definition) is 3. The fourth-order valence-corrected chi connectivity index (χ4v) is 4.88. The molecule has 1 rings (SSSR count). The molecule has 0 aliphatic carbocycles. The summed E-state index contributed by atoms with van der Waals surface area (Å²) in [5, 5.41) is 0. The van der Waals surface area contributed by atoms with Gasteiger partial charge >= 0.3 is 0 Å². The predicted octanol–water partition coefficient (Wildman–Crippen LogP) is 4.95. The van der Waals surface area contributed by atoms with Gasteiger partial charge in [0.15, 0.2) is 9.84 Å². The molecule has 0 aromatic heterocycles. The number of anilines is 1. The van der Waals surface area contributed by atoms with Crippen LogP contribution in [0.2, 0.25) is 0 Å². The Bertz CT molecular complexity index is 529. The Morgan fingerprint density at radius 3 is 2.14 bits per heavy atom. The molecule has 5 heteroatoms. The lowest BCUT2D eigenvalue weighted by atomic mass is 10.1. The maximum atomic E-state index is 12.3. The first-order chi connectivity index (χ1) is 9.97. The van der Waals surface area contributed by atoms with E-state index in [1.807, 2.05) is 0 Å². The molecule has 0 aliphatic rings. The molecule has 0 bridgehead atoms. The molecule has 0 saturated heterocycles. The van der Waals surface area contributed by atoms with Gasteiger partial charge in [0.2, 0.25) is 0 Å². The molecule has 0 unspecified atom stereocenters. The van der Waals surface area contributed by atoms with Gasteiger partial charge < -0.3 is 5.73 Å². The number of unbranched alkanes of at least 4 members (excludes halogenated alkanes) is 7. The fourth-order valence-electron chi connectivity index (χ4n) is 2.31. The van der Waals surface area contributed by atoms with Crippen LogP contribution in [0.3, 0.4) is 0 Å². The zero-order valence-electron chi connectivity index (χ0n) is 12.8. The van der Waals surface area contributed by atoms with Gasteiger partial charge in [0.05, 0.1) is 10.6 Å². The van der Waals surface area contributed by atoms with Crippen molar-refractivity contribution in [1.82, 2.24) is 0 Å². The topological polar surface area (TPSA) is 60.2 Å². The Balaban J connectivity index is 2.33. The normalized spacial score (nSPS) is 11.7. The smallest absolute Gasteiger partial charge is 0.179 e. The zero-order chi connectivity index (χ0) is 15.7. The van der Waals surface area contributed by atoms with Gasteiger partial charge in [0.1, 0.15) is 0 Å². The van der Waals surface area contributed by atoms with E-state index in [9.17, 15) is 8.42 Å². The first kappa shape index (κ1) is 18.5. The lowest BCUT2D eigenvalue weighted by molar-refractivity contribution is 0.572. The van der Waals surface area contributed by atoms with Crippen molar-refractivity contribution in [2.45, 2.75) is 63.2 Å². The van der Waals surface area contributed by atoms with Crippen molar-refractivity contribution < 1.29 is 8.42 Å². The lowest BCUT2D eigenvalue weighted by Gasteiger charge is -2.07. The van der Waals surface area contributed by atoms with E-state index in [1.54, 1.807) is 18.2 Å². The molecule has 1 aromatic carbocycles. The lowest BCUT2D eigenvalue weighted by Crippen LogP contribution is -2.08. The second-order valence-electron chi connectivity index (χ2n) is 5.48. The van der Waals surface area contributed by atoms with E-state index in [2.05, 4.69) is 22.9 Å². The van der Waals surface area contributed by atoms with Crippen LogP contribution >= 0.6 is 15.9 Å². The maximum Gasteiger partial charge on any atom is 0.179 e. The summed E-state index contributed by atoms with van der Waals surface area (Å²) in [6, 6.07) is 4.85. The Hall–Kier alpha value is -0.550. The van der Waals surface area contributed by atoms with E-state index in [0.29, 0.717) is 15.1 Å². The van der Waals surface area contributed by atoms with Crippen LogP contribution in [0.4, 0.5) is 5.69 Å². The van der Waals surface area contributed by atoms with Crippen LogP contribution in [0.25, 0.3) is 0 Å². The van der Waals surface area contributed by atoms with Gasteiger partial charge in [-0.15, -0.1) is 0 Å². The Morgan fingerprint density at radius 1 is 1.00 bits per heavy atom. The Labute approximate surface area is 137 Å². The molecule has 0 aliphatic heterocycles. The standard InChI is InChI=1S/C16H26BrNO2S/c1-2-3-4-5-6-7-8-9-12-21(19,20)16-11-10-14(18)13-15(16)17/h10-11,13H,2-9,12,18H2,1H3. The molecule has 2 N–H and O–H groups in total. The van der Waals surface area contributed by atoms with Gasteiger partial charge in [-0.05, 0) is 40.5 Å². The van der Waals surface area contributed by atoms with E-state index in [1.165, 1.54) is 32.1 Å². The molecule has 1 aromatic rings. The van der Waals surface area contributed by atoms with Crippen molar-refractivity contribution in [3.05, 3.63) is 22.7 Å². The average Bonchev–Trinajstić information content (AvgIpc) is 2.41. The van der Waals surface area contributed by atoms with Crippen LogP contribution in [0, 0.1) is 0 Å². The minimum atomic E-state index is -3.21. The van der Waals surface area contributed by atoms with Crippen LogP contribution in [0.5, 0.6) is 0 Å². The molecule has 0 radical (unpaired) electrons. The first-order valence-electron chi connectivity index (χ1n) is 7.75. The van der Waals surface area contributed by atoms with E-state index in [-0.39, 0.29) is 5.75 Å². The van der Waals surface area contributed by atoms with Gasteiger partial charge in [-0.2, -0.15) is 0 Å². The van der Waals surface area contributed by atoms with Crippen molar-refractivity contribution in [3.63, 3.8) is 0 Å². The molecule has 0 saturated carbocycles. The highest BCUT2D eigenvalue weighted by Crippen LogP contribution is 2.26. The van der Waals surface area contributed by atoms with Gasteiger partial charge in [-0.1, -0.05) is 51.9 Å². The van der Waals surface area contributed by atoms with Gasteiger partial charge in [0.25, 0.3) is 0 Å². The van der Waals surface area contributed by atoms with Crippen LogP contribution in [-0.4, -0.2) is 14.2 Å². The van der Waals surface area contributed by atoms with Crippen molar-refractivity contribution in [2.75, 3.05) is 11.5 Å². The number of nitrogens with two attached hydrogens (primary N) is 1. The molecule has 0 spiro atoms. The molecule has 0 fully saturated rings. The predicted molar refractivity (Wildman–Crippen MR) is 93.2 cm³/mol. The third-order valence-electron chi connectivity index (χ3n) is 3.56. The maximum absolute atomic E-state index is 12.3. The average molecular weight is 376 g/mol. The summed E-state index contributed by atoms with van der Waals surface area (Å²) in [4.78, 5) is 0.347. The fraction of sp³-hybridized carbons (Fsp3) is 0.625. The van der Waals surface area contributed by atoms with Crippen molar-refractivity contribution in [2.24, 2.45) is 0 Å². The van der Waals surface area contributed by atoms with E-state index in [4.69, 9.17) is 5.73 Å². The van der Waals surface area contributed by atoms with Crippen LogP contribution in [0.15, 0.2) is 27.6 Å². The molecule has 0 heterocycles. The summed E-state index contributed by atoms with van der Waals surface area (Å²) < 4.78 is 25.1. The van der Waals surface area contributed by atoms with Crippen LogP contribution in [-0.2, 0) is 9.84 Å². The molecular weight excluding hydrogens is 350 g/mol. The highest BCUT2D eigenvalue weighted by molar-refractivity contribution is 9.10. The zero-order valence-corrected chi connectivity index (χ0v) is 15.2. The number of hydrogen-bond donors (Lipinski definition) is 1. The molecular formula is C16H26BrNO2S. The number of halogens is 1. The molecule has 120 valence electrons. The van der Waals surface area contributed by atoms with Gasteiger partial charge in [-0.3, -0.25) is 0 Å². The summed E-state index contributed by atoms with van der Waals surface area (Å²) in [6.45, 7) is 2.21. The van der Waals surface area contributed by atoms with Crippen molar-refractivity contribution in [3.8, 4) is 0 Å². The highest BCUT2D eigenvalue weighted by atomic mass is 79.9. The number of benzene rings is 1. The molecule has 3 nitrogen and oxygen atoms in total. The number of rotatable bonds is 10. The molecule has 0 atom stereocenters. The minimum Gasteiger partial charge on any atom is -0.399 e. The summed E-state index contributed by atoms with van der Waals surface area (Å²) >= 11 is 3.28. The summed E-state index contributed by atoms with van der Waals surface area (Å²) in [5.41, 5.74) is 6.20. The largest absolute Gasteiger partial charge is 0.399 e. The van der Waals surface area contributed by atoms with Gasteiger partial charge in [-0.25, -0.2) is 8.42 Å². The van der Waals surface area contributed by atoms with Gasteiger partial charge in [0, 0.05) is 10.2 Å². The van der Waals surface area contributed by atoms with E-state index < -0.39 is 9.84 Å². The van der Waals surface area contributed by atoms with Crippen LogP contribution in [0.1, 0.15) is 58.3 Å². The van der Waals surface area contributed by atoms with E-state index >= 15 is 0 Å². The monoisotopic (exact) mass is 375 g/mol. The summed E-state index contributed by atoms with van der Waals surface area (Å²) in [5.74, 6) is 0.213. The Kier molecular flexibility index (Phi) is 8.34. The number of sulfone groups is 1. The third kappa shape index (κ3) is 6.83. The van der Waals surface area contributed by atoms with Crippen molar-refractivity contribution in [1.29, 1.82) is 0 Å². The van der Waals surface area contributed by atoms with Crippen LogP contribution < -0.4 is 5.73 Å². The Morgan fingerprint density at radius 2 is 1.57 bits per heavy atom. The summed E-state index contributed by atoms with van der Waals surface area (Å²) in [6.07, 6.45) is 9.18. The second-order valence-corrected chi connectivity index (χ2v) is 8.42.